The highest BCUT2D eigenvalue weighted by Gasteiger charge is 2.31. The number of carbonyl (C=O) groups excluding carboxylic acids is 1. The van der Waals surface area contributed by atoms with Crippen LogP contribution in [0.15, 0.2) is 18.3 Å². The summed E-state index contributed by atoms with van der Waals surface area (Å²) >= 11 is 0. The Morgan fingerprint density at radius 3 is 2.40 bits per heavy atom. The van der Waals surface area contributed by atoms with Crippen molar-refractivity contribution in [3.63, 3.8) is 0 Å². The standard InChI is InChI=1S/C13H20F3N3O/c1-3-12(4-2,8-17)18-11(20)10-6-5-7-19(10)9-13(14,15)16/h5-7H,3-4,8-9,17H2,1-2H3,(H,18,20). The van der Waals surface area contributed by atoms with Crippen molar-refractivity contribution in [1.29, 1.82) is 0 Å². The molecule has 0 radical (unpaired) electrons. The van der Waals surface area contributed by atoms with Gasteiger partial charge < -0.3 is 15.6 Å². The molecule has 0 unspecified atom stereocenters. The minimum Gasteiger partial charge on any atom is -0.344 e. The van der Waals surface area contributed by atoms with Crippen LogP contribution in [0.25, 0.3) is 0 Å². The van der Waals surface area contributed by atoms with E-state index in [1.54, 1.807) is 0 Å². The van der Waals surface area contributed by atoms with Gasteiger partial charge in [-0.25, -0.2) is 0 Å². The summed E-state index contributed by atoms with van der Waals surface area (Å²) in [6, 6.07) is 2.79. The van der Waals surface area contributed by atoms with Gasteiger partial charge in [-0.2, -0.15) is 13.2 Å². The maximum Gasteiger partial charge on any atom is 0.406 e. The second-order valence-electron chi connectivity index (χ2n) is 4.78. The van der Waals surface area contributed by atoms with E-state index in [4.69, 9.17) is 5.73 Å². The molecule has 0 fully saturated rings. The lowest BCUT2D eigenvalue weighted by atomic mass is 9.93. The summed E-state index contributed by atoms with van der Waals surface area (Å²) in [5, 5.41) is 2.76. The summed E-state index contributed by atoms with van der Waals surface area (Å²) < 4.78 is 38.2. The second-order valence-corrected chi connectivity index (χ2v) is 4.78. The van der Waals surface area contributed by atoms with Crippen molar-refractivity contribution in [3.05, 3.63) is 24.0 Å². The molecule has 0 bridgehead atoms. The van der Waals surface area contributed by atoms with Gasteiger partial charge in [0.25, 0.3) is 5.91 Å². The first-order chi connectivity index (χ1) is 9.27. The molecule has 0 aliphatic heterocycles. The highest BCUT2D eigenvalue weighted by molar-refractivity contribution is 5.93. The summed E-state index contributed by atoms with van der Waals surface area (Å²) in [6.07, 6.45) is -1.89. The number of alkyl halides is 3. The lowest BCUT2D eigenvalue weighted by Gasteiger charge is -2.31. The summed E-state index contributed by atoms with van der Waals surface area (Å²) in [5.74, 6) is -0.534. The Kier molecular flexibility index (Phi) is 5.21. The molecule has 1 rings (SSSR count). The first-order valence-corrected chi connectivity index (χ1v) is 6.51. The lowest BCUT2D eigenvalue weighted by Crippen LogP contribution is -2.53. The van der Waals surface area contributed by atoms with Crippen LogP contribution in [0.2, 0.25) is 0 Å². The van der Waals surface area contributed by atoms with Gasteiger partial charge in [-0.3, -0.25) is 4.79 Å². The van der Waals surface area contributed by atoms with Crippen molar-refractivity contribution in [1.82, 2.24) is 9.88 Å². The van der Waals surface area contributed by atoms with Gasteiger partial charge in [0.05, 0.1) is 5.54 Å². The molecule has 0 aliphatic rings. The van der Waals surface area contributed by atoms with Gasteiger partial charge in [-0.15, -0.1) is 0 Å². The number of nitrogens with one attached hydrogen (secondary N) is 1. The number of amides is 1. The van der Waals surface area contributed by atoms with E-state index in [1.165, 1.54) is 18.3 Å². The number of hydrogen-bond donors (Lipinski definition) is 2. The fraction of sp³-hybridized carbons (Fsp3) is 0.615. The van der Waals surface area contributed by atoms with Crippen LogP contribution >= 0.6 is 0 Å². The van der Waals surface area contributed by atoms with E-state index in [9.17, 15) is 18.0 Å². The Balaban J connectivity index is 2.91. The van der Waals surface area contributed by atoms with Crippen LogP contribution in [0, 0.1) is 0 Å². The van der Waals surface area contributed by atoms with Crippen molar-refractivity contribution < 1.29 is 18.0 Å². The monoisotopic (exact) mass is 291 g/mol. The minimum atomic E-state index is -4.37. The van der Waals surface area contributed by atoms with Gasteiger partial charge in [0.15, 0.2) is 0 Å². The molecule has 1 heterocycles. The predicted octanol–water partition coefficient (Wildman–Crippen LogP) is 2.30. The van der Waals surface area contributed by atoms with Gasteiger partial charge in [0.2, 0.25) is 0 Å². The van der Waals surface area contributed by atoms with Crippen molar-refractivity contribution in [2.24, 2.45) is 5.73 Å². The molecule has 0 spiro atoms. The zero-order valence-corrected chi connectivity index (χ0v) is 11.6. The molecular weight excluding hydrogens is 271 g/mol. The second kappa shape index (κ2) is 6.30. The average molecular weight is 291 g/mol. The SMILES string of the molecule is CCC(CC)(CN)NC(=O)c1cccn1CC(F)(F)F. The lowest BCUT2D eigenvalue weighted by molar-refractivity contribution is -0.140. The number of aromatic nitrogens is 1. The average Bonchev–Trinajstić information content (AvgIpc) is 2.82. The molecule has 0 saturated carbocycles. The molecule has 0 saturated heterocycles. The van der Waals surface area contributed by atoms with Crippen LogP contribution in [0.3, 0.4) is 0 Å². The summed E-state index contributed by atoms with van der Waals surface area (Å²) in [7, 11) is 0. The number of nitrogens with two attached hydrogens (primary N) is 1. The van der Waals surface area contributed by atoms with Gasteiger partial charge in [0.1, 0.15) is 12.2 Å². The van der Waals surface area contributed by atoms with Gasteiger partial charge in [0, 0.05) is 12.7 Å². The third kappa shape index (κ3) is 4.00. The van der Waals surface area contributed by atoms with Gasteiger partial charge in [-0.05, 0) is 25.0 Å². The van der Waals surface area contributed by atoms with Crippen molar-refractivity contribution in [2.75, 3.05) is 6.54 Å². The van der Waals surface area contributed by atoms with Gasteiger partial charge in [-0.1, -0.05) is 13.8 Å². The molecule has 1 aromatic rings. The third-order valence-corrected chi connectivity index (χ3v) is 3.53. The zero-order chi connectivity index (χ0) is 15.4. The maximum absolute atomic E-state index is 12.4. The number of hydrogen-bond acceptors (Lipinski definition) is 2. The predicted molar refractivity (Wildman–Crippen MR) is 70.3 cm³/mol. The quantitative estimate of drug-likeness (QED) is 0.845. The van der Waals surface area contributed by atoms with E-state index in [2.05, 4.69) is 5.32 Å². The summed E-state index contributed by atoms with van der Waals surface area (Å²) in [6.45, 7) is 2.82. The Morgan fingerprint density at radius 1 is 1.35 bits per heavy atom. The van der Waals surface area contributed by atoms with Crippen LogP contribution in [-0.4, -0.2) is 28.7 Å². The Bertz CT molecular complexity index is 442. The van der Waals surface area contributed by atoms with E-state index in [1.807, 2.05) is 13.8 Å². The number of nitrogens with zero attached hydrogens (tertiary/aromatic N) is 1. The Morgan fingerprint density at radius 2 is 1.95 bits per heavy atom. The topological polar surface area (TPSA) is 60.0 Å². The molecule has 0 atom stereocenters. The highest BCUT2D eigenvalue weighted by Crippen LogP contribution is 2.20. The Hall–Kier alpha value is -1.50. The molecule has 7 heteroatoms. The van der Waals surface area contributed by atoms with E-state index in [0.717, 1.165) is 4.57 Å². The van der Waals surface area contributed by atoms with E-state index >= 15 is 0 Å². The molecule has 114 valence electrons. The molecule has 3 N–H and O–H groups in total. The third-order valence-electron chi connectivity index (χ3n) is 3.53. The normalized spacial score (nSPS) is 12.5. The zero-order valence-electron chi connectivity index (χ0n) is 11.6. The van der Waals surface area contributed by atoms with Crippen molar-refractivity contribution in [2.45, 2.75) is 44.9 Å². The van der Waals surface area contributed by atoms with Crippen LogP contribution in [0.1, 0.15) is 37.2 Å². The largest absolute Gasteiger partial charge is 0.406 e. The van der Waals surface area contributed by atoms with Crippen LogP contribution in [-0.2, 0) is 6.54 Å². The van der Waals surface area contributed by atoms with E-state index in [0.29, 0.717) is 12.8 Å². The fourth-order valence-electron chi connectivity index (χ4n) is 2.02. The molecule has 0 aliphatic carbocycles. The smallest absolute Gasteiger partial charge is 0.344 e. The molecule has 1 amide bonds. The Labute approximate surface area is 116 Å². The van der Waals surface area contributed by atoms with Crippen LogP contribution < -0.4 is 11.1 Å². The van der Waals surface area contributed by atoms with Crippen molar-refractivity contribution >= 4 is 5.91 Å². The van der Waals surface area contributed by atoms with E-state index < -0.39 is 24.2 Å². The summed E-state index contributed by atoms with van der Waals surface area (Å²) in [5.41, 5.74) is 5.08. The molecule has 1 aromatic heterocycles. The minimum absolute atomic E-state index is 0.0120. The van der Waals surface area contributed by atoms with Crippen LogP contribution in [0.5, 0.6) is 0 Å². The summed E-state index contributed by atoms with van der Waals surface area (Å²) in [4.78, 5) is 12.1. The van der Waals surface area contributed by atoms with E-state index in [-0.39, 0.29) is 12.2 Å². The molecule has 0 aromatic carbocycles. The number of rotatable bonds is 6. The fourth-order valence-corrected chi connectivity index (χ4v) is 2.02. The van der Waals surface area contributed by atoms with Crippen LogP contribution in [0.4, 0.5) is 13.2 Å². The number of halogens is 3. The molecule has 4 nitrogen and oxygen atoms in total. The first-order valence-electron chi connectivity index (χ1n) is 6.51. The number of carbonyl (C=O) groups is 1. The van der Waals surface area contributed by atoms with Crippen molar-refractivity contribution in [3.8, 4) is 0 Å². The molecule has 20 heavy (non-hydrogen) atoms. The molecular formula is C13H20F3N3O. The van der Waals surface area contributed by atoms with Gasteiger partial charge >= 0.3 is 6.18 Å². The highest BCUT2D eigenvalue weighted by atomic mass is 19.4. The first kappa shape index (κ1) is 16.6. The maximum atomic E-state index is 12.4.